The van der Waals surface area contributed by atoms with Crippen LogP contribution in [0, 0.1) is 32.6 Å². The third kappa shape index (κ3) is 145. The first kappa shape index (κ1) is 29.9. The molecule has 0 unspecified atom stereocenters. The molecule has 1 aliphatic carbocycles. The summed E-state index contributed by atoms with van der Waals surface area (Å²) in [5.74, 6) is 0. The van der Waals surface area contributed by atoms with Crippen LogP contribution in [0.1, 0.15) is 0 Å². The minimum Gasteiger partial charge on any atom is -0.263 e. The van der Waals surface area contributed by atoms with Crippen LogP contribution in [0.3, 0.4) is 0 Å². The van der Waals surface area contributed by atoms with E-state index in [-0.39, 0.29) is 21.1 Å². The summed E-state index contributed by atoms with van der Waals surface area (Å²) in [6.07, 6.45) is 13.8. The van der Waals surface area contributed by atoms with Gasteiger partial charge in [0.15, 0.2) is 0 Å². The number of hydrogen-bond donors (Lipinski definition) is 0. The molecule has 0 atom stereocenters. The van der Waals surface area contributed by atoms with Gasteiger partial charge in [0.05, 0.1) is 0 Å². The van der Waals surface area contributed by atoms with E-state index >= 15 is 0 Å². The fourth-order valence-electron chi connectivity index (χ4n) is 0.321. The molecule has 93 valence electrons. The molecule has 0 aromatic heterocycles. The summed E-state index contributed by atoms with van der Waals surface area (Å²) in [5, 5.41) is 0. The second kappa shape index (κ2) is 29.5. The average molecular weight is 426 g/mol. The minimum atomic E-state index is -2.92. The number of hydrogen-bond acceptors (Lipinski definition) is 2. The molecule has 0 spiro atoms. The molecule has 17 heavy (non-hydrogen) atoms. The van der Waals surface area contributed by atoms with E-state index in [1.807, 2.05) is 30.7 Å². The summed E-state index contributed by atoms with van der Waals surface area (Å²) in [4.78, 5) is 0. The van der Waals surface area contributed by atoms with Gasteiger partial charge in [0.2, 0.25) is 0 Å². The summed E-state index contributed by atoms with van der Waals surface area (Å²) in [7, 11) is -2.92. The van der Waals surface area contributed by atoms with E-state index < -0.39 is 9.84 Å². The van der Waals surface area contributed by atoms with Crippen molar-refractivity contribution in [2.24, 2.45) is 0 Å². The molecule has 0 fully saturated rings. The maximum Gasteiger partial charge on any atom is 0.0185 e. The Morgan fingerprint density at radius 3 is 1.12 bits per heavy atom. The maximum absolute atomic E-state index is 9.52. The molecule has 7 heteroatoms. The number of sulfone groups is 1. The SMILES string of the molecule is [C-]#[O+].[C-]#[O+].[C-]#[O+].[CH2-]S(C)(=O)=O.[CH]1C=CC=C1.[W]. The molecule has 1 aliphatic rings. The van der Waals surface area contributed by atoms with E-state index in [0.29, 0.717) is 0 Å². The molecule has 0 amide bonds. The van der Waals surface area contributed by atoms with Gasteiger partial charge in [0, 0.05) is 43.6 Å². The molecule has 0 aromatic rings. The molecule has 0 saturated heterocycles. The van der Waals surface area contributed by atoms with Crippen LogP contribution in [0.15, 0.2) is 24.3 Å². The van der Waals surface area contributed by atoms with Crippen molar-refractivity contribution < 1.29 is 43.4 Å². The molecule has 0 aliphatic heterocycles. The minimum absolute atomic E-state index is 0. The Morgan fingerprint density at radius 1 is 0.882 bits per heavy atom. The fraction of sp³-hybridized carbons (Fsp3) is 0.100. The number of rotatable bonds is 0. The van der Waals surface area contributed by atoms with Gasteiger partial charge in [-0.25, -0.2) is 6.26 Å². The van der Waals surface area contributed by atoms with Crippen molar-refractivity contribution in [1.29, 1.82) is 0 Å². The van der Waals surface area contributed by atoms with Crippen molar-refractivity contribution in [1.82, 2.24) is 0 Å². The van der Waals surface area contributed by atoms with Gasteiger partial charge < -0.3 is 0 Å². The van der Waals surface area contributed by atoms with Crippen LogP contribution in [0.2, 0.25) is 0 Å². The molecular formula is C10H10O5SW-. The summed E-state index contributed by atoms with van der Waals surface area (Å²) >= 11 is 0. The van der Waals surface area contributed by atoms with Crippen molar-refractivity contribution in [3.05, 3.63) is 56.9 Å². The zero-order valence-corrected chi connectivity index (χ0v) is 12.7. The van der Waals surface area contributed by atoms with E-state index in [2.05, 4.69) is 26.2 Å². The van der Waals surface area contributed by atoms with Crippen molar-refractivity contribution in [2.45, 2.75) is 0 Å². The summed E-state index contributed by atoms with van der Waals surface area (Å²) in [6.45, 7) is 13.5. The standard InChI is InChI=1S/C5H5.C2H5O2S.3CO.W/c1-2-4-5-3-1;1-5(2,3)4;3*1-2;/h1-5H;1H2,2H3;;;;/q;-1;;;;. The zero-order chi connectivity index (χ0) is 14.0. The van der Waals surface area contributed by atoms with Crippen molar-refractivity contribution in [2.75, 3.05) is 6.26 Å². The predicted octanol–water partition coefficient (Wildman–Crippen LogP) is 1.02. The smallest absolute Gasteiger partial charge is 0.0185 e. The quantitative estimate of drug-likeness (QED) is 0.428. The summed E-state index contributed by atoms with van der Waals surface area (Å²) in [6, 6.07) is 0. The van der Waals surface area contributed by atoms with Gasteiger partial charge in [-0.3, -0.25) is 8.42 Å². The Kier molecular flexibility index (Phi) is 51.9. The molecule has 0 aromatic carbocycles. The molecule has 0 saturated carbocycles. The molecule has 1 rings (SSSR count). The molecular weight excluding hydrogens is 416 g/mol. The van der Waals surface area contributed by atoms with Crippen molar-refractivity contribution in [3.63, 3.8) is 0 Å². The van der Waals surface area contributed by atoms with Gasteiger partial charge in [0.1, 0.15) is 0 Å². The first-order chi connectivity index (χ1) is 7.50. The van der Waals surface area contributed by atoms with E-state index in [4.69, 9.17) is 14.0 Å². The maximum atomic E-state index is 9.52. The Morgan fingerprint density at radius 2 is 1.06 bits per heavy atom. The van der Waals surface area contributed by atoms with Crippen molar-refractivity contribution in [3.8, 4) is 0 Å². The van der Waals surface area contributed by atoms with Crippen LogP contribution in [0.25, 0.3) is 0 Å². The second-order valence-corrected chi connectivity index (χ2v) is 3.74. The predicted molar refractivity (Wildman–Crippen MR) is 54.6 cm³/mol. The third-order valence-corrected chi connectivity index (χ3v) is 0.556. The van der Waals surface area contributed by atoms with Gasteiger partial charge in [-0.05, 0) is 0 Å². The summed E-state index contributed by atoms with van der Waals surface area (Å²) < 4.78 is 41.5. The van der Waals surface area contributed by atoms with Gasteiger partial charge >= 0.3 is 33.9 Å². The van der Waals surface area contributed by atoms with Crippen LogP contribution in [0.5, 0.6) is 0 Å². The summed E-state index contributed by atoms with van der Waals surface area (Å²) in [5.41, 5.74) is 0. The van der Waals surface area contributed by atoms with Crippen LogP contribution < -0.4 is 0 Å². The Bertz CT molecular complexity index is 303. The largest absolute Gasteiger partial charge is 0.263 e. The van der Waals surface area contributed by atoms with Gasteiger partial charge in [-0.2, -0.15) is 0 Å². The van der Waals surface area contributed by atoms with Crippen LogP contribution in [-0.2, 0) is 44.9 Å². The van der Waals surface area contributed by atoms with Gasteiger partial charge in [-0.15, -0.1) is 0 Å². The first-order valence-corrected chi connectivity index (χ1v) is 5.37. The fourth-order valence-corrected chi connectivity index (χ4v) is 0.321. The number of allylic oxidation sites excluding steroid dienone is 4. The van der Waals surface area contributed by atoms with Gasteiger partial charge in [-0.1, -0.05) is 24.3 Å². The van der Waals surface area contributed by atoms with Crippen LogP contribution in [-0.4, -0.2) is 14.7 Å². The first-order valence-electron chi connectivity index (χ1n) is 3.31. The van der Waals surface area contributed by atoms with E-state index in [1.54, 1.807) is 0 Å². The van der Waals surface area contributed by atoms with E-state index in [9.17, 15) is 8.42 Å². The topological polar surface area (TPSA) is 93.8 Å². The monoisotopic (exact) mass is 426 g/mol. The normalized spacial score (nSPS) is 8.94. The Labute approximate surface area is 116 Å². The Balaban J connectivity index is -0.0000000380. The molecule has 0 bridgehead atoms. The van der Waals surface area contributed by atoms with Crippen molar-refractivity contribution >= 4 is 9.84 Å². The molecule has 5 nitrogen and oxygen atoms in total. The Hall–Kier alpha value is -0.662. The second-order valence-electron chi connectivity index (χ2n) is 1.89. The molecule has 0 heterocycles. The molecule has 0 N–H and O–H groups in total. The third-order valence-electron chi connectivity index (χ3n) is 0.556. The zero-order valence-electron chi connectivity index (χ0n) is 8.95. The molecule has 1 radical (unpaired) electrons. The van der Waals surface area contributed by atoms with E-state index in [1.165, 1.54) is 0 Å². The van der Waals surface area contributed by atoms with Gasteiger partial charge in [0.25, 0.3) is 0 Å². The average Bonchev–Trinajstić information content (AvgIpc) is 2.82. The van der Waals surface area contributed by atoms with Crippen LogP contribution in [0.4, 0.5) is 0 Å². The van der Waals surface area contributed by atoms with E-state index in [0.717, 1.165) is 6.26 Å². The van der Waals surface area contributed by atoms with Crippen LogP contribution >= 0.6 is 0 Å².